The van der Waals surface area contributed by atoms with Gasteiger partial charge in [0.1, 0.15) is 12.3 Å². The molecule has 1 aromatic rings. The van der Waals surface area contributed by atoms with Crippen molar-refractivity contribution < 1.29 is 23.9 Å². The van der Waals surface area contributed by atoms with Crippen LogP contribution in [0.5, 0.6) is 5.75 Å². The van der Waals surface area contributed by atoms with Gasteiger partial charge in [-0.25, -0.2) is 0 Å². The van der Waals surface area contributed by atoms with Crippen molar-refractivity contribution in [3.8, 4) is 5.75 Å². The number of nitrogens with zero attached hydrogens (tertiary/aromatic N) is 1. The third-order valence-electron chi connectivity index (χ3n) is 2.92. The van der Waals surface area contributed by atoms with Crippen molar-refractivity contribution in [1.82, 2.24) is 4.90 Å². The Morgan fingerprint density at radius 3 is 2.61 bits per heavy atom. The van der Waals surface area contributed by atoms with Gasteiger partial charge in [0.05, 0.1) is 22.7 Å². The molecule has 0 spiro atoms. The zero-order valence-electron chi connectivity index (χ0n) is 12.1. The average molecular weight is 559 g/mol. The fourth-order valence-corrected chi connectivity index (χ4v) is 4.81. The van der Waals surface area contributed by atoms with Gasteiger partial charge in [-0.05, 0) is 75.2 Å². The summed E-state index contributed by atoms with van der Waals surface area (Å²) in [6.45, 7) is -0.389. The second-order valence-corrected chi connectivity index (χ2v) is 7.76. The maximum Gasteiger partial charge on any atom is 0.325 e. The Balaban J connectivity index is 2.36. The molecular weight excluding hydrogens is 548 g/mol. The van der Waals surface area contributed by atoms with E-state index in [1.807, 2.05) is 12.1 Å². The Kier molecular flexibility index (Phi) is 6.31. The molecule has 9 heteroatoms. The van der Waals surface area contributed by atoms with Crippen LogP contribution in [-0.2, 0) is 14.3 Å². The molecule has 6 nitrogen and oxygen atoms in total. The van der Waals surface area contributed by atoms with Gasteiger partial charge in [0.15, 0.2) is 0 Å². The summed E-state index contributed by atoms with van der Waals surface area (Å²) in [6.07, 6.45) is 1.60. The molecule has 1 aliphatic rings. The largest absolute Gasteiger partial charge is 0.495 e. The van der Waals surface area contributed by atoms with E-state index in [1.165, 1.54) is 7.11 Å². The average Bonchev–Trinajstić information content (AvgIpc) is 2.74. The summed E-state index contributed by atoms with van der Waals surface area (Å²) in [5, 5.41) is -0.494. The highest BCUT2D eigenvalue weighted by atomic mass is 127. The molecule has 122 valence electrons. The minimum absolute atomic E-state index is 0.245. The van der Waals surface area contributed by atoms with Gasteiger partial charge < -0.3 is 9.47 Å². The SMILES string of the molecule is COC(=O)CN1C(=O)S/C(=C\c2cc(I)cc(I)c2OC)C1=O. The molecule has 1 saturated heterocycles. The second kappa shape index (κ2) is 7.83. The number of carbonyl (C=O) groups is 3. The van der Waals surface area contributed by atoms with Crippen molar-refractivity contribution in [1.29, 1.82) is 0 Å². The fraction of sp³-hybridized carbons (Fsp3) is 0.214. The van der Waals surface area contributed by atoms with Crippen LogP contribution in [-0.4, -0.2) is 42.8 Å². The molecule has 0 atom stereocenters. The van der Waals surface area contributed by atoms with Crippen LogP contribution in [0.3, 0.4) is 0 Å². The van der Waals surface area contributed by atoms with Crippen LogP contribution < -0.4 is 4.74 Å². The van der Waals surface area contributed by atoms with Gasteiger partial charge in [-0.15, -0.1) is 0 Å². The first-order chi connectivity index (χ1) is 10.9. The van der Waals surface area contributed by atoms with Gasteiger partial charge in [0.2, 0.25) is 0 Å². The lowest BCUT2D eigenvalue weighted by Crippen LogP contribution is -2.34. The van der Waals surface area contributed by atoms with Gasteiger partial charge >= 0.3 is 5.97 Å². The number of thioether (sulfide) groups is 1. The molecule has 0 saturated carbocycles. The van der Waals surface area contributed by atoms with Gasteiger partial charge in [-0.2, -0.15) is 0 Å². The van der Waals surface area contributed by atoms with Gasteiger partial charge in [-0.3, -0.25) is 19.3 Å². The topological polar surface area (TPSA) is 72.9 Å². The van der Waals surface area contributed by atoms with Crippen molar-refractivity contribution in [2.45, 2.75) is 0 Å². The highest BCUT2D eigenvalue weighted by Gasteiger charge is 2.36. The Morgan fingerprint density at radius 1 is 1.30 bits per heavy atom. The van der Waals surface area contributed by atoms with Crippen LogP contribution in [0.1, 0.15) is 5.56 Å². The van der Waals surface area contributed by atoms with Crippen LogP contribution in [0.15, 0.2) is 17.0 Å². The molecule has 0 radical (unpaired) electrons. The predicted octanol–water partition coefficient (Wildman–Crippen LogP) is 3.11. The first kappa shape index (κ1) is 18.5. The highest BCUT2D eigenvalue weighted by molar-refractivity contribution is 14.1. The van der Waals surface area contributed by atoms with E-state index in [1.54, 1.807) is 13.2 Å². The van der Waals surface area contributed by atoms with Crippen LogP contribution in [0, 0.1) is 7.14 Å². The van der Waals surface area contributed by atoms with E-state index in [4.69, 9.17) is 4.74 Å². The molecule has 2 rings (SSSR count). The predicted molar refractivity (Wildman–Crippen MR) is 103 cm³/mol. The smallest absolute Gasteiger partial charge is 0.325 e. The van der Waals surface area contributed by atoms with E-state index in [9.17, 15) is 14.4 Å². The van der Waals surface area contributed by atoms with Crippen LogP contribution >= 0.6 is 56.9 Å². The van der Waals surface area contributed by atoms with E-state index >= 15 is 0 Å². The summed E-state index contributed by atoms with van der Waals surface area (Å²) in [7, 11) is 2.75. The number of benzene rings is 1. The van der Waals surface area contributed by atoms with Crippen LogP contribution in [0.4, 0.5) is 4.79 Å². The monoisotopic (exact) mass is 559 g/mol. The van der Waals surface area contributed by atoms with Crippen LogP contribution in [0.2, 0.25) is 0 Å². The number of esters is 1. The molecule has 1 heterocycles. The minimum Gasteiger partial charge on any atom is -0.495 e. The molecular formula is C14H11I2NO5S. The molecule has 1 fully saturated rings. The van der Waals surface area contributed by atoms with Gasteiger partial charge in [0, 0.05) is 9.13 Å². The number of rotatable bonds is 4. The van der Waals surface area contributed by atoms with Crippen molar-refractivity contribution in [3.63, 3.8) is 0 Å². The van der Waals surface area contributed by atoms with E-state index in [2.05, 4.69) is 49.9 Å². The lowest BCUT2D eigenvalue weighted by molar-refractivity contribution is -0.143. The number of halogens is 2. The summed E-state index contributed by atoms with van der Waals surface area (Å²) in [4.78, 5) is 36.6. The minimum atomic E-state index is -0.644. The summed E-state index contributed by atoms with van der Waals surface area (Å²) in [5.41, 5.74) is 0.701. The molecule has 0 unspecified atom stereocenters. The first-order valence-corrected chi connectivity index (χ1v) is 9.20. The normalized spacial score (nSPS) is 16.2. The number of methoxy groups -OCH3 is 2. The number of ether oxygens (including phenoxy) is 2. The number of hydrogen-bond donors (Lipinski definition) is 0. The number of hydrogen-bond acceptors (Lipinski definition) is 6. The molecule has 0 bridgehead atoms. The first-order valence-electron chi connectivity index (χ1n) is 6.22. The molecule has 2 amide bonds. The lowest BCUT2D eigenvalue weighted by Gasteiger charge is -2.10. The highest BCUT2D eigenvalue weighted by Crippen LogP contribution is 2.36. The molecule has 1 aromatic carbocycles. The van der Waals surface area contributed by atoms with Crippen molar-refractivity contribution in [2.75, 3.05) is 20.8 Å². The number of imide groups is 1. The van der Waals surface area contributed by atoms with Crippen molar-refractivity contribution >= 4 is 80.1 Å². The Hall–Kier alpha value is -0.820. The third kappa shape index (κ3) is 4.18. The lowest BCUT2D eigenvalue weighted by atomic mass is 10.2. The molecule has 0 N–H and O–H groups in total. The number of amides is 2. The van der Waals surface area contributed by atoms with E-state index in [-0.39, 0.29) is 11.4 Å². The molecule has 0 aromatic heterocycles. The molecule has 1 aliphatic heterocycles. The summed E-state index contributed by atoms with van der Waals surface area (Å²) in [5.74, 6) is -0.526. The quantitative estimate of drug-likeness (QED) is 0.321. The maximum absolute atomic E-state index is 12.3. The fourth-order valence-electron chi connectivity index (χ4n) is 1.87. The Morgan fingerprint density at radius 2 is 2.00 bits per heavy atom. The summed E-state index contributed by atoms with van der Waals surface area (Å²) >= 11 is 5.10. The zero-order valence-corrected chi connectivity index (χ0v) is 17.2. The second-order valence-electron chi connectivity index (χ2n) is 4.35. The van der Waals surface area contributed by atoms with E-state index < -0.39 is 17.1 Å². The number of carbonyl (C=O) groups excluding carboxylic acids is 3. The van der Waals surface area contributed by atoms with Crippen molar-refractivity contribution in [2.24, 2.45) is 0 Å². The van der Waals surface area contributed by atoms with E-state index in [0.29, 0.717) is 11.3 Å². The van der Waals surface area contributed by atoms with E-state index in [0.717, 1.165) is 23.8 Å². The van der Waals surface area contributed by atoms with Gasteiger partial charge in [0.25, 0.3) is 11.1 Å². The Labute approximate surface area is 164 Å². The summed E-state index contributed by atoms with van der Waals surface area (Å²) < 4.78 is 11.7. The molecule has 0 aliphatic carbocycles. The van der Waals surface area contributed by atoms with Crippen LogP contribution in [0.25, 0.3) is 6.08 Å². The summed E-state index contributed by atoms with van der Waals surface area (Å²) in [6, 6.07) is 3.80. The molecule has 23 heavy (non-hydrogen) atoms. The maximum atomic E-state index is 12.3. The van der Waals surface area contributed by atoms with Crippen molar-refractivity contribution in [3.05, 3.63) is 29.7 Å². The Bertz CT molecular complexity index is 719. The zero-order chi connectivity index (χ0) is 17.1. The third-order valence-corrected chi connectivity index (χ3v) is 5.25. The van der Waals surface area contributed by atoms with Gasteiger partial charge in [-0.1, -0.05) is 0 Å². The standard InChI is InChI=1S/C14H11I2NO5S/c1-21-11(18)6-17-13(19)10(23-14(17)20)4-7-3-8(15)5-9(16)12(7)22-2/h3-5H,6H2,1-2H3/b10-4-.